The standard InChI is InChI=1S/C23H26N4O4/c1-4-31-17-11-14(8-9-16(17)21-26-20(25)19(24)22(30)27-21)13-6-5-7-15(10-13)23(2,3)12-18(28)29/h5-11H,4,12,24H2,1-3H3,(H,28,29)(H3,25,26,27,30). The minimum absolute atomic E-state index is 0.0250. The van der Waals surface area contributed by atoms with E-state index in [4.69, 9.17) is 16.2 Å². The van der Waals surface area contributed by atoms with E-state index in [1.54, 1.807) is 6.07 Å². The van der Waals surface area contributed by atoms with Gasteiger partial charge in [-0.05, 0) is 35.7 Å². The van der Waals surface area contributed by atoms with Crippen LogP contribution in [0, 0.1) is 0 Å². The molecule has 2 aromatic carbocycles. The summed E-state index contributed by atoms with van der Waals surface area (Å²) in [5.41, 5.74) is 13.5. The molecule has 0 aliphatic heterocycles. The summed E-state index contributed by atoms with van der Waals surface area (Å²) < 4.78 is 5.80. The Bertz CT molecular complexity index is 1180. The molecule has 0 saturated heterocycles. The van der Waals surface area contributed by atoms with Gasteiger partial charge < -0.3 is 26.3 Å². The van der Waals surface area contributed by atoms with Crippen LogP contribution in [0.4, 0.5) is 11.5 Å². The third-order valence-corrected chi connectivity index (χ3v) is 5.09. The normalized spacial score (nSPS) is 11.3. The van der Waals surface area contributed by atoms with Crippen molar-refractivity contribution in [2.45, 2.75) is 32.6 Å². The summed E-state index contributed by atoms with van der Waals surface area (Å²) in [5.74, 6) is -0.0909. The lowest BCUT2D eigenvalue weighted by molar-refractivity contribution is -0.138. The molecule has 0 bridgehead atoms. The monoisotopic (exact) mass is 422 g/mol. The minimum Gasteiger partial charge on any atom is -0.493 e. The van der Waals surface area contributed by atoms with Crippen LogP contribution in [0.15, 0.2) is 47.3 Å². The van der Waals surface area contributed by atoms with Gasteiger partial charge in [0, 0.05) is 5.41 Å². The van der Waals surface area contributed by atoms with E-state index in [1.165, 1.54) is 0 Å². The lowest BCUT2D eigenvalue weighted by Gasteiger charge is -2.24. The highest BCUT2D eigenvalue weighted by atomic mass is 16.5. The van der Waals surface area contributed by atoms with E-state index in [-0.39, 0.29) is 23.8 Å². The zero-order valence-corrected chi connectivity index (χ0v) is 17.7. The fourth-order valence-electron chi connectivity index (χ4n) is 3.40. The van der Waals surface area contributed by atoms with Gasteiger partial charge in [0.1, 0.15) is 17.3 Å². The van der Waals surface area contributed by atoms with Gasteiger partial charge in [0.2, 0.25) is 0 Å². The summed E-state index contributed by atoms with van der Waals surface area (Å²) in [6.45, 7) is 6.08. The molecule has 3 rings (SSSR count). The summed E-state index contributed by atoms with van der Waals surface area (Å²) in [6.07, 6.45) is 0.0250. The predicted octanol–water partition coefficient (Wildman–Crippen LogP) is 3.42. The number of aromatic amines is 1. The summed E-state index contributed by atoms with van der Waals surface area (Å²) in [4.78, 5) is 30.1. The van der Waals surface area contributed by atoms with E-state index in [0.29, 0.717) is 17.9 Å². The molecular weight excluding hydrogens is 396 g/mol. The van der Waals surface area contributed by atoms with Crippen LogP contribution in [-0.2, 0) is 10.2 Å². The summed E-state index contributed by atoms with van der Waals surface area (Å²) in [6, 6.07) is 13.3. The van der Waals surface area contributed by atoms with Crippen molar-refractivity contribution in [1.82, 2.24) is 9.97 Å². The van der Waals surface area contributed by atoms with Gasteiger partial charge in [-0.3, -0.25) is 9.59 Å². The maximum atomic E-state index is 12.0. The molecule has 1 heterocycles. The van der Waals surface area contributed by atoms with Crippen LogP contribution in [0.2, 0.25) is 0 Å². The Morgan fingerprint density at radius 3 is 2.52 bits per heavy atom. The lowest BCUT2D eigenvalue weighted by Crippen LogP contribution is -2.21. The van der Waals surface area contributed by atoms with Crippen LogP contribution < -0.4 is 21.8 Å². The number of rotatable bonds is 7. The van der Waals surface area contributed by atoms with E-state index in [0.717, 1.165) is 16.7 Å². The van der Waals surface area contributed by atoms with Crippen LogP contribution in [0.1, 0.15) is 32.8 Å². The molecule has 31 heavy (non-hydrogen) atoms. The number of carbonyl (C=O) groups is 1. The van der Waals surface area contributed by atoms with E-state index in [9.17, 15) is 14.7 Å². The van der Waals surface area contributed by atoms with Crippen LogP contribution >= 0.6 is 0 Å². The maximum Gasteiger partial charge on any atom is 0.304 e. The van der Waals surface area contributed by atoms with Gasteiger partial charge in [-0.15, -0.1) is 0 Å². The number of benzene rings is 2. The number of ether oxygens (including phenoxy) is 1. The largest absolute Gasteiger partial charge is 0.493 e. The van der Waals surface area contributed by atoms with Crippen LogP contribution in [0.25, 0.3) is 22.5 Å². The highest BCUT2D eigenvalue weighted by Crippen LogP contribution is 2.35. The van der Waals surface area contributed by atoms with Crippen molar-refractivity contribution in [1.29, 1.82) is 0 Å². The predicted molar refractivity (Wildman–Crippen MR) is 121 cm³/mol. The first-order chi connectivity index (χ1) is 14.6. The number of aliphatic carboxylic acids is 1. The zero-order chi connectivity index (χ0) is 22.8. The topological polar surface area (TPSA) is 144 Å². The van der Waals surface area contributed by atoms with E-state index in [1.807, 2.05) is 57.2 Å². The molecule has 0 aliphatic rings. The Hall–Kier alpha value is -3.81. The first-order valence-electron chi connectivity index (χ1n) is 9.87. The number of aromatic nitrogens is 2. The van der Waals surface area contributed by atoms with Gasteiger partial charge in [-0.2, -0.15) is 0 Å². The highest BCUT2D eigenvalue weighted by molar-refractivity contribution is 5.75. The zero-order valence-electron chi connectivity index (χ0n) is 17.7. The first kappa shape index (κ1) is 21.9. The number of nitrogens with one attached hydrogen (secondary N) is 1. The van der Waals surface area contributed by atoms with Crippen molar-refractivity contribution in [3.8, 4) is 28.3 Å². The van der Waals surface area contributed by atoms with Crippen LogP contribution in [-0.4, -0.2) is 27.7 Å². The Kier molecular flexibility index (Phi) is 6.01. The quantitative estimate of drug-likeness (QED) is 0.456. The van der Waals surface area contributed by atoms with Crippen molar-refractivity contribution in [2.24, 2.45) is 0 Å². The third kappa shape index (κ3) is 4.69. The van der Waals surface area contributed by atoms with Gasteiger partial charge in [0.15, 0.2) is 5.82 Å². The molecule has 0 amide bonds. The first-order valence-corrected chi connectivity index (χ1v) is 9.87. The van der Waals surface area contributed by atoms with Crippen molar-refractivity contribution >= 4 is 17.5 Å². The average molecular weight is 422 g/mol. The lowest BCUT2D eigenvalue weighted by atomic mass is 9.80. The number of hydrogen-bond donors (Lipinski definition) is 4. The van der Waals surface area contributed by atoms with Gasteiger partial charge in [0.25, 0.3) is 5.56 Å². The summed E-state index contributed by atoms with van der Waals surface area (Å²) >= 11 is 0. The second-order valence-electron chi connectivity index (χ2n) is 7.89. The number of H-pyrrole nitrogens is 1. The Morgan fingerprint density at radius 1 is 1.16 bits per heavy atom. The molecule has 8 heteroatoms. The average Bonchev–Trinajstić information content (AvgIpc) is 2.71. The molecule has 0 unspecified atom stereocenters. The van der Waals surface area contributed by atoms with Gasteiger partial charge in [0.05, 0.1) is 18.6 Å². The third-order valence-electron chi connectivity index (χ3n) is 5.09. The SMILES string of the molecule is CCOc1cc(-c2cccc(C(C)(C)CC(=O)O)c2)ccc1-c1nc(N)c(N)c(=O)[nH]1. The van der Waals surface area contributed by atoms with Crippen molar-refractivity contribution in [3.63, 3.8) is 0 Å². The van der Waals surface area contributed by atoms with Gasteiger partial charge >= 0.3 is 5.97 Å². The second kappa shape index (κ2) is 8.51. The molecule has 0 spiro atoms. The number of hydrogen-bond acceptors (Lipinski definition) is 6. The molecule has 0 fully saturated rings. The molecule has 0 saturated carbocycles. The minimum atomic E-state index is -0.845. The number of carboxylic acids is 1. The summed E-state index contributed by atoms with van der Waals surface area (Å²) in [5, 5.41) is 9.22. The van der Waals surface area contributed by atoms with E-state index in [2.05, 4.69) is 9.97 Å². The van der Waals surface area contributed by atoms with Gasteiger partial charge in [-0.25, -0.2) is 4.98 Å². The summed E-state index contributed by atoms with van der Waals surface area (Å²) in [7, 11) is 0. The van der Waals surface area contributed by atoms with Crippen LogP contribution in [0.5, 0.6) is 5.75 Å². The van der Waals surface area contributed by atoms with Crippen LogP contribution in [0.3, 0.4) is 0 Å². The molecule has 6 N–H and O–H groups in total. The highest BCUT2D eigenvalue weighted by Gasteiger charge is 2.24. The fraction of sp³-hybridized carbons (Fsp3) is 0.261. The molecule has 0 radical (unpaired) electrons. The second-order valence-corrected chi connectivity index (χ2v) is 7.89. The van der Waals surface area contributed by atoms with Gasteiger partial charge in [-0.1, -0.05) is 44.2 Å². The molecular formula is C23H26N4O4. The molecule has 0 aliphatic carbocycles. The smallest absolute Gasteiger partial charge is 0.304 e. The fourth-order valence-corrected chi connectivity index (χ4v) is 3.40. The van der Waals surface area contributed by atoms with Crippen molar-refractivity contribution in [2.75, 3.05) is 18.1 Å². The molecule has 8 nitrogen and oxygen atoms in total. The number of nitrogens with two attached hydrogens (primary N) is 2. The van der Waals surface area contributed by atoms with Crippen molar-refractivity contribution in [3.05, 3.63) is 58.4 Å². The van der Waals surface area contributed by atoms with E-state index < -0.39 is 16.9 Å². The number of anilines is 2. The number of nitrogens with zero attached hydrogens (tertiary/aromatic N) is 1. The maximum absolute atomic E-state index is 12.0. The molecule has 1 aromatic heterocycles. The van der Waals surface area contributed by atoms with E-state index >= 15 is 0 Å². The molecule has 162 valence electrons. The molecule has 0 atom stereocenters. The van der Waals surface area contributed by atoms with Crippen molar-refractivity contribution < 1.29 is 14.6 Å². The number of nitrogen functional groups attached to an aromatic ring is 2. The Labute approximate surface area is 179 Å². The molecule has 3 aromatic rings. The Balaban J connectivity index is 2.07. The number of carboxylic acid groups (broad SMARTS) is 1. The Morgan fingerprint density at radius 2 is 1.87 bits per heavy atom.